The van der Waals surface area contributed by atoms with Gasteiger partial charge in [-0.05, 0) is 79.6 Å². The van der Waals surface area contributed by atoms with E-state index in [-0.39, 0.29) is 12.5 Å². The molecule has 30 heavy (non-hydrogen) atoms. The van der Waals surface area contributed by atoms with Crippen LogP contribution in [-0.2, 0) is 24.2 Å². The SMILES string of the molecule is CC[C@@H](Oc1ccc2c(c1)CCCC2)C(=O)NCc1nc(-c2ccc(Cl)cc2)no1. The average molecular weight is 426 g/mol. The Labute approximate surface area is 180 Å². The summed E-state index contributed by atoms with van der Waals surface area (Å²) in [4.78, 5) is 16.9. The van der Waals surface area contributed by atoms with Crippen molar-refractivity contribution in [3.63, 3.8) is 0 Å². The molecule has 1 heterocycles. The lowest BCUT2D eigenvalue weighted by molar-refractivity contribution is -0.128. The number of aryl methyl sites for hydroxylation is 2. The molecule has 1 aliphatic rings. The first-order valence-corrected chi connectivity index (χ1v) is 10.6. The molecule has 0 spiro atoms. The Balaban J connectivity index is 1.35. The number of carbonyl (C=O) groups is 1. The zero-order valence-corrected chi connectivity index (χ0v) is 17.6. The summed E-state index contributed by atoms with van der Waals surface area (Å²) in [7, 11) is 0. The van der Waals surface area contributed by atoms with E-state index in [9.17, 15) is 4.79 Å². The third-order valence-corrected chi connectivity index (χ3v) is 5.50. The van der Waals surface area contributed by atoms with Crippen LogP contribution in [0.25, 0.3) is 11.4 Å². The minimum Gasteiger partial charge on any atom is -0.481 e. The molecule has 0 bridgehead atoms. The van der Waals surface area contributed by atoms with E-state index in [1.807, 2.05) is 25.1 Å². The summed E-state index contributed by atoms with van der Waals surface area (Å²) in [6.07, 6.45) is 4.62. The third kappa shape index (κ3) is 4.82. The molecule has 4 rings (SSSR count). The summed E-state index contributed by atoms with van der Waals surface area (Å²) in [6, 6.07) is 13.3. The van der Waals surface area contributed by atoms with Crippen LogP contribution >= 0.6 is 11.6 Å². The molecule has 0 radical (unpaired) electrons. The van der Waals surface area contributed by atoms with Gasteiger partial charge in [-0.3, -0.25) is 4.79 Å². The number of hydrogen-bond acceptors (Lipinski definition) is 5. The van der Waals surface area contributed by atoms with E-state index in [1.54, 1.807) is 12.1 Å². The van der Waals surface area contributed by atoms with Crippen LogP contribution < -0.4 is 10.1 Å². The molecule has 1 aromatic heterocycles. The van der Waals surface area contributed by atoms with Crippen molar-refractivity contribution in [1.29, 1.82) is 0 Å². The Morgan fingerprint density at radius 3 is 2.70 bits per heavy atom. The second-order valence-corrected chi connectivity index (χ2v) is 7.83. The van der Waals surface area contributed by atoms with Gasteiger partial charge in [-0.1, -0.05) is 29.7 Å². The Hall–Kier alpha value is -2.86. The summed E-state index contributed by atoms with van der Waals surface area (Å²) in [5.74, 6) is 1.31. The van der Waals surface area contributed by atoms with E-state index in [4.69, 9.17) is 20.9 Å². The summed E-state index contributed by atoms with van der Waals surface area (Å²) in [5, 5.41) is 7.42. The first-order chi connectivity index (χ1) is 14.6. The van der Waals surface area contributed by atoms with Crippen molar-refractivity contribution in [2.45, 2.75) is 51.7 Å². The fourth-order valence-electron chi connectivity index (χ4n) is 3.59. The maximum Gasteiger partial charge on any atom is 0.261 e. The van der Waals surface area contributed by atoms with E-state index in [2.05, 4.69) is 27.6 Å². The molecule has 1 amide bonds. The summed E-state index contributed by atoms with van der Waals surface area (Å²) < 4.78 is 11.2. The molecule has 0 saturated heterocycles. The minimum absolute atomic E-state index is 0.142. The lowest BCUT2D eigenvalue weighted by Gasteiger charge is -2.20. The van der Waals surface area contributed by atoms with Crippen molar-refractivity contribution >= 4 is 17.5 Å². The highest BCUT2D eigenvalue weighted by Gasteiger charge is 2.20. The second-order valence-electron chi connectivity index (χ2n) is 7.39. The molecule has 0 aliphatic heterocycles. The highest BCUT2D eigenvalue weighted by molar-refractivity contribution is 6.30. The predicted molar refractivity (Wildman–Crippen MR) is 114 cm³/mol. The van der Waals surface area contributed by atoms with Crippen LogP contribution in [0.15, 0.2) is 47.0 Å². The number of aromatic nitrogens is 2. The maximum atomic E-state index is 12.6. The molecular weight excluding hydrogens is 402 g/mol. The van der Waals surface area contributed by atoms with Crippen LogP contribution in [0.2, 0.25) is 5.02 Å². The van der Waals surface area contributed by atoms with Gasteiger partial charge in [0.05, 0.1) is 6.54 Å². The number of nitrogens with one attached hydrogen (secondary N) is 1. The van der Waals surface area contributed by atoms with Crippen molar-refractivity contribution in [1.82, 2.24) is 15.5 Å². The molecule has 2 aromatic carbocycles. The molecule has 7 heteroatoms. The van der Waals surface area contributed by atoms with Gasteiger partial charge in [0.15, 0.2) is 6.10 Å². The molecule has 0 fully saturated rings. The van der Waals surface area contributed by atoms with Gasteiger partial charge < -0.3 is 14.6 Å². The third-order valence-electron chi connectivity index (χ3n) is 5.25. The number of halogens is 1. The van der Waals surface area contributed by atoms with Crippen molar-refractivity contribution in [3.8, 4) is 17.1 Å². The topological polar surface area (TPSA) is 77.2 Å². The molecule has 0 saturated carbocycles. The van der Waals surface area contributed by atoms with Crippen molar-refractivity contribution in [3.05, 3.63) is 64.5 Å². The van der Waals surface area contributed by atoms with Crippen LogP contribution in [-0.4, -0.2) is 22.2 Å². The van der Waals surface area contributed by atoms with Crippen molar-refractivity contribution in [2.24, 2.45) is 0 Å². The van der Waals surface area contributed by atoms with E-state index >= 15 is 0 Å². The molecule has 1 aliphatic carbocycles. The van der Waals surface area contributed by atoms with Crippen LogP contribution in [0.1, 0.15) is 43.2 Å². The minimum atomic E-state index is -0.578. The lowest BCUT2D eigenvalue weighted by atomic mass is 9.92. The normalized spacial score (nSPS) is 14.1. The monoisotopic (exact) mass is 425 g/mol. The first-order valence-electron chi connectivity index (χ1n) is 10.3. The number of amides is 1. The van der Waals surface area contributed by atoms with Gasteiger partial charge >= 0.3 is 0 Å². The number of carbonyl (C=O) groups excluding carboxylic acids is 1. The van der Waals surface area contributed by atoms with Gasteiger partial charge in [-0.2, -0.15) is 4.98 Å². The number of benzene rings is 2. The average Bonchev–Trinajstić information content (AvgIpc) is 3.25. The standard InChI is InChI=1S/C23H24ClN3O3/c1-2-20(29-19-12-9-15-5-3-4-6-17(15)13-19)23(28)25-14-21-26-22(27-30-21)16-7-10-18(24)11-8-16/h7-13,20H,2-6,14H2,1H3,(H,25,28)/t20-/m1/s1. The largest absolute Gasteiger partial charge is 0.481 e. The van der Waals surface area contributed by atoms with Crippen molar-refractivity contribution in [2.75, 3.05) is 0 Å². The fraction of sp³-hybridized carbons (Fsp3) is 0.348. The number of ether oxygens (including phenoxy) is 1. The number of fused-ring (bicyclic) bond motifs is 1. The van der Waals surface area contributed by atoms with Crippen LogP contribution in [0.3, 0.4) is 0 Å². The van der Waals surface area contributed by atoms with E-state index in [1.165, 1.54) is 24.0 Å². The molecule has 0 unspecified atom stereocenters. The van der Waals surface area contributed by atoms with Gasteiger partial charge in [0, 0.05) is 10.6 Å². The highest BCUT2D eigenvalue weighted by atomic mass is 35.5. The summed E-state index contributed by atoms with van der Waals surface area (Å²) in [5.41, 5.74) is 3.51. The van der Waals surface area contributed by atoms with Gasteiger partial charge in [0.2, 0.25) is 11.7 Å². The fourth-order valence-corrected chi connectivity index (χ4v) is 3.72. The quantitative estimate of drug-likeness (QED) is 0.591. The number of hydrogen-bond donors (Lipinski definition) is 1. The molecular formula is C23H24ClN3O3. The molecule has 156 valence electrons. The smallest absolute Gasteiger partial charge is 0.261 e. The van der Waals surface area contributed by atoms with Crippen molar-refractivity contribution < 1.29 is 14.1 Å². The lowest BCUT2D eigenvalue weighted by Crippen LogP contribution is -2.37. The van der Waals surface area contributed by atoms with E-state index in [0.717, 1.165) is 24.2 Å². The van der Waals surface area contributed by atoms with Crippen LogP contribution in [0.5, 0.6) is 5.75 Å². The van der Waals surface area contributed by atoms with Gasteiger partial charge in [0.1, 0.15) is 5.75 Å². The Kier molecular flexibility index (Phi) is 6.33. The molecule has 6 nitrogen and oxygen atoms in total. The van der Waals surface area contributed by atoms with Crippen LogP contribution in [0.4, 0.5) is 0 Å². The first kappa shape index (κ1) is 20.4. The Morgan fingerprint density at radius 2 is 1.93 bits per heavy atom. The zero-order valence-electron chi connectivity index (χ0n) is 16.9. The van der Waals surface area contributed by atoms with E-state index < -0.39 is 6.10 Å². The number of nitrogens with zero attached hydrogens (tertiary/aromatic N) is 2. The molecule has 1 N–H and O–H groups in total. The van der Waals surface area contributed by atoms with Gasteiger partial charge in [-0.25, -0.2) is 0 Å². The maximum absolute atomic E-state index is 12.6. The zero-order chi connectivity index (χ0) is 20.9. The summed E-state index contributed by atoms with van der Waals surface area (Å²) >= 11 is 5.90. The molecule has 3 aromatic rings. The Morgan fingerprint density at radius 1 is 1.17 bits per heavy atom. The van der Waals surface area contributed by atoms with E-state index in [0.29, 0.717) is 23.2 Å². The summed E-state index contributed by atoms with van der Waals surface area (Å²) in [6.45, 7) is 2.07. The van der Waals surface area contributed by atoms with Gasteiger partial charge in [0.25, 0.3) is 5.91 Å². The second kappa shape index (κ2) is 9.30. The van der Waals surface area contributed by atoms with Crippen LogP contribution in [0, 0.1) is 0 Å². The molecule has 1 atom stereocenters. The predicted octanol–water partition coefficient (Wildman–Crippen LogP) is 4.74. The highest BCUT2D eigenvalue weighted by Crippen LogP contribution is 2.26. The number of rotatable bonds is 7. The Bertz CT molecular complexity index is 1020. The van der Waals surface area contributed by atoms with Gasteiger partial charge in [-0.15, -0.1) is 0 Å².